The maximum absolute atomic E-state index is 11.7. The van der Waals surface area contributed by atoms with E-state index >= 15 is 0 Å². The first-order chi connectivity index (χ1) is 8.80. The van der Waals surface area contributed by atoms with Gasteiger partial charge in [0, 0.05) is 0 Å². The lowest BCUT2D eigenvalue weighted by atomic mass is 10.1. The molecule has 2 N–H and O–H groups in total. The fourth-order valence-electron chi connectivity index (χ4n) is 1.29. The van der Waals surface area contributed by atoms with Crippen LogP contribution in [-0.2, 0) is 20.9 Å². The number of rotatable bonds is 5. The molecule has 0 saturated carbocycles. The van der Waals surface area contributed by atoms with Crippen LogP contribution >= 0.6 is 0 Å². The molecule has 0 aliphatic rings. The molecule has 5 heteroatoms. The summed E-state index contributed by atoms with van der Waals surface area (Å²) < 4.78 is 5.07. The topological polar surface area (TPSA) is 75.6 Å². The zero-order chi connectivity index (χ0) is 14.5. The molecule has 0 unspecified atom stereocenters. The number of esters is 1. The van der Waals surface area contributed by atoms with Crippen molar-refractivity contribution in [2.75, 3.05) is 0 Å². The summed E-state index contributed by atoms with van der Waals surface area (Å²) in [4.78, 5) is 23.1. The summed E-state index contributed by atoms with van der Waals surface area (Å²) in [6, 6.07) is 8.45. The Balaban J connectivity index is 2.43. The number of ether oxygens (including phenoxy) is 1. The average Bonchev–Trinajstić information content (AvgIpc) is 2.35. The van der Waals surface area contributed by atoms with Crippen molar-refractivity contribution in [3.05, 3.63) is 35.9 Å². The lowest BCUT2D eigenvalue weighted by molar-refractivity contribution is -0.150. The number of amides is 1. The lowest BCUT2D eigenvalue weighted by Gasteiger charge is -2.20. The Bertz CT molecular complexity index is 437. The number of hydrogen-bond donors (Lipinski definition) is 2. The van der Waals surface area contributed by atoms with Gasteiger partial charge in [0.05, 0.1) is 0 Å². The molecule has 104 valence electrons. The first-order valence-corrected chi connectivity index (χ1v) is 6.04. The van der Waals surface area contributed by atoms with Crippen LogP contribution in [0.25, 0.3) is 0 Å². The van der Waals surface area contributed by atoms with Crippen molar-refractivity contribution < 1.29 is 19.4 Å². The van der Waals surface area contributed by atoms with Crippen LogP contribution in [0.1, 0.15) is 26.3 Å². The Hall–Kier alpha value is -1.88. The zero-order valence-electron chi connectivity index (χ0n) is 11.3. The van der Waals surface area contributed by atoms with E-state index in [4.69, 9.17) is 4.74 Å². The number of carbonyl (C=O) groups excluding carboxylic acids is 2. The fourth-order valence-corrected chi connectivity index (χ4v) is 1.29. The molecule has 0 spiro atoms. The summed E-state index contributed by atoms with van der Waals surface area (Å²) >= 11 is 0. The van der Waals surface area contributed by atoms with Crippen molar-refractivity contribution >= 4 is 11.9 Å². The van der Waals surface area contributed by atoms with Crippen molar-refractivity contribution in [1.82, 2.24) is 5.32 Å². The molecule has 1 amide bonds. The molecular weight excluding hydrogens is 246 g/mol. The van der Waals surface area contributed by atoms with Gasteiger partial charge in [0.2, 0.25) is 0 Å². The van der Waals surface area contributed by atoms with Gasteiger partial charge in [-0.15, -0.1) is 0 Å². The Labute approximate surface area is 112 Å². The van der Waals surface area contributed by atoms with Crippen LogP contribution in [0.4, 0.5) is 0 Å². The molecule has 0 radical (unpaired) electrons. The molecule has 0 aliphatic heterocycles. The highest BCUT2D eigenvalue weighted by Gasteiger charge is 2.27. The molecule has 1 aromatic rings. The molecular formula is C14H19NO4. The second-order valence-corrected chi connectivity index (χ2v) is 4.85. The molecule has 1 rings (SSSR count). The predicted octanol–water partition coefficient (Wildman–Crippen LogP) is 1.01. The van der Waals surface area contributed by atoms with Gasteiger partial charge in [-0.3, -0.25) is 4.79 Å². The van der Waals surface area contributed by atoms with E-state index in [0.717, 1.165) is 5.56 Å². The first-order valence-electron chi connectivity index (χ1n) is 6.04. The van der Waals surface area contributed by atoms with E-state index in [-0.39, 0.29) is 6.61 Å². The van der Waals surface area contributed by atoms with E-state index in [1.807, 2.05) is 30.3 Å². The van der Waals surface area contributed by atoms with Gasteiger partial charge in [-0.2, -0.15) is 0 Å². The van der Waals surface area contributed by atoms with Crippen LogP contribution in [0.2, 0.25) is 0 Å². The van der Waals surface area contributed by atoms with Crippen LogP contribution in [0.5, 0.6) is 0 Å². The quantitative estimate of drug-likeness (QED) is 0.779. The summed E-state index contributed by atoms with van der Waals surface area (Å²) in [5, 5.41) is 11.9. The maximum atomic E-state index is 11.7. The highest BCUT2D eigenvalue weighted by Crippen LogP contribution is 2.04. The number of carbonyl (C=O) groups is 2. The predicted molar refractivity (Wildman–Crippen MR) is 70.1 cm³/mol. The number of nitrogens with one attached hydrogen (secondary N) is 1. The van der Waals surface area contributed by atoms with Gasteiger partial charge in [-0.25, -0.2) is 4.79 Å². The van der Waals surface area contributed by atoms with Gasteiger partial charge >= 0.3 is 5.97 Å². The normalized spacial score (nSPS) is 12.6. The summed E-state index contributed by atoms with van der Waals surface area (Å²) in [6.45, 7) is 4.37. The molecule has 1 atom stereocenters. The SMILES string of the molecule is C[C@@H](NC(=O)C(C)(C)O)C(=O)OCc1ccccc1. The molecule has 1 aromatic carbocycles. The van der Waals surface area contributed by atoms with E-state index in [1.165, 1.54) is 20.8 Å². The van der Waals surface area contributed by atoms with E-state index < -0.39 is 23.5 Å². The molecule has 0 saturated heterocycles. The first kappa shape index (κ1) is 15.2. The third-order valence-corrected chi connectivity index (χ3v) is 2.48. The molecule has 19 heavy (non-hydrogen) atoms. The minimum Gasteiger partial charge on any atom is -0.459 e. The standard InChI is InChI=1S/C14H19NO4/c1-10(15-13(17)14(2,3)18)12(16)19-9-11-7-5-4-6-8-11/h4-8,10,18H,9H2,1-3H3,(H,15,17)/t10-/m1/s1. The lowest BCUT2D eigenvalue weighted by Crippen LogP contribution is -2.48. The minimum absolute atomic E-state index is 0.155. The monoisotopic (exact) mass is 265 g/mol. The molecule has 0 aliphatic carbocycles. The Morgan fingerprint density at radius 2 is 1.89 bits per heavy atom. The molecule has 0 heterocycles. The summed E-state index contributed by atoms with van der Waals surface area (Å²) in [7, 11) is 0. The highest BCUT2D eigenvalue weighted by molar-refractivity contribution is 5.88. The van der Waals surface area contributed by atoms with Crippen molar-refractivity contribution in [2.24, 2.45) is 0 Å². The van der Waals surface area contributed by atoms with Crippen molar-refractivity contribution in [3.8, 4) is 0 Å². The van der Waals surface area contributed by atoms with Gasteiger partial charge < -0.3 is 15.2 Å². The van der Waals surface area contributed by atoms with Crippen LogP contribution in [-0.4, -0.2) is 28.6 Å². The van der Waals surface area contributed by atoms with Crippen LogP contribution in [0.3, 0.4) is 0 Å². The molecule has 0 bridgehead atoms. The summed E-state index contributed by atoms with van der Waals surface area (Å²) in [6.07, 6.45) is 0. The fraction of sp³-hybridized carbons (Fsp3) is 0.429. The van der Waals surface area contributed by atoms with Gasteiger partial charge in [-0.05, 0) is 26.3 Å². The van der Waals surface area contributed by atoms with E-state index in [2.05, 4.69) is 5.32 Å². The Morgan fingerprint density at radius 3 is 2.42 bits per heavy atom. The zero-order valence-corrected chi connectivity index (χ0v) is 11.3. The second kappa shape index (κ2) is 6.33. The van der Waals surface area contributed by atoms with Crippen molar-refractivity contribution in [3.63, 3.8) is 0 Å². The van der Waals surface area contributed by atoms with Crippen molar-refractivity contribution in [1.29, 1.82) is 0 Å². The van der Waals surface area contributed by atoms with Crippen LogP contribution in [0, 0.1) is 0 Å². The van der Waals surface area contributed by atoms with E-state index in [1.54, 1.807) is 0 Å². The third kappa shape index (κ3) is 5.09. The Kier molecular flexibility index (Phi) is 5.06. The van der Waals surface area contributed by atoms with Crippen LogP contribution in [0.15, 0.2) is 30.3 Å². The molecule has 5 nitrogen and oxygen atoms in total. The Morgan fingerprint density at radius 1 is 1.32 bits per heavy atom. The van der Waals surface area contributed by atoms with E-state index in [0.29, 0.717) is 0 Å². The summed E-state index contributed by atoms with van der Waals surface area (Å²) in [5.74, 6) is -1.15. The van der Waals surface area contributed by atoms with Gasteiger partial charge in [0.1, 0.15) is 18.2 Å². The third-order valence-electron chi connectivity index (χ3n) is 2.48. The second-order valence-electron chi connectivity index (χ2n) is 4.85. The van der Waals surface area contributed by atoms with Gasteiger partial charge in [0.25, 0.3) is 5.91 Å². The minimum atomic E-state index is -1.52. The highest BCUT2D eigenvalue weighted by atomic mass is 16.5. The number of benzene rings is 1. The van der Waals surface area contributed by atoms with Gasteiger partial charge in [0.15, 0.2) is 0 Å². The number of hydrogen-bond acceptors (Lipinski definition) is 4. The van der Waals surface area contributed by atoms with Crippen molar-refractivity contribution in [2.45, 2.75) is 39.0 Å². The summed E-state index contributed by atoms with van der Waals surface area (Å²) in [5.41, 5.74) is -0.648. The average molecular weight is 265 g/mol. The van der Waals surface area contributed by atoms with Crippen LogP contribution < -0.4 is 5.32 Å². The van der Waals surface area contributed by atoms with E-state index in [9.17, 15) is 14.7 Å². The largest absolute Gasteiger partial charge is 0.459 e. The molecule has 0 fully saturated rings. The number of aliphatic hydroxyl groups is 1. The smallest absolute Gasteiger partial charge is 0.328 e. The maximum Gasteiger partial charge on any atom is 0.328 e. The van der Waals surface area contributed by atoms with Gasteiger partial charge in [-0.1, -0.05) is 30.3 Å². The molecule has 0 aromatic heterocycles.